The van der Waals surface area contributed by atoms with Crippen LogP contribution < -0.4 is 0 Å². The van der Waals surface area contributed by atoms with E-state index < -0.39 is 0 Å². The Morgan fingerprint density at radius 2 is 2.00 bits per heavy atom. The summed E-state index contributed by atoms with van der Waals surface area (Å²) in [5, 5.41) is 4.88. The summed E-state index contributed by atoms with van der Waals surface area (Å²) in [6, 6.07) is 5.36. The Labute approximate surface area is 105 Å². The summed E-state index contributed by atoms with van der Waals surface area (Å²) in [6.07, 6.45) is 0.767. The van der Waals surface area contributed by atoms with Gasteiger partial charge in [-0.05, 0) is 38.5 Å². The van der Waals surface area contributed by atoms with Gasteiger partial charge in [0.1, 0.15) is 0 Å². The SMILES string of the molecule is Cc1nn(-c2cccc(Cl)c2C=O)c(C)c1C. The van der Waals surface area contributed by atoms with Gasteiger partial charge in [-0.25, -0.2) is 4.68 Å². The highest BCUT2D eigenvalue weighted by atomic mass is 35.5. The van der Waals surface area contributed by atoms with Gasteiger partial charge < -0.3 is 0 Å². The number of carbonyl (C=O) groups is 1. The lowest BCUT2D eigenvalue weighted by atomic mass is 10.2. The monoisotopic (exact) mass is 248 g/mol. The molecule has 0 aliphatic carbocycles. The van der Waals surface area contributed by atoms with Crippen LogP contribution in [0.2, 0.25) is 5.02 Å². The molecule has 2 rings (SSSR count). The van der Waals surface area contributed by atoms with E-state index in [0.29, 0.717) is 10.6 Å². The zero-order valence-electron chi connectivity index (χ0n) is 9.99. The molecular weight excluding hydrogens is 236 g/mol. The van der Waals surface area contributed by atoms with E-state index in [9.17, 15) is 4.79 Å². The van der Waals surface area contributed by atoms with Crippen molar-refractivity contribution in [3.8, 4) is 5.69 Å². The number of aryl methyl sites for hydroxylation is 1. The van der Waals surface area contributed by atoms with Crippen molar-refractivity contribution < 1.29 is 4.79 Å². The van der Waals surface area contributed by atoms with E-state index in [-0.39, 0.29) is 0 Å². The van der Waals surface area contributed by atoms with Crippen LogP contribution >= 0.6 is 11.6 Å². The Kier molecular flexibility index (Phi) is 3.03. The number of hydrogen-bond donors (Lipinski definition) is 0. The highest BCUT2D eigenvalue weighted by Crippen LogP contribution is 2.24. The largest absolute Gasteiger partial charge is 0.298 e. The molecule has 0 saturated heterocycles. The maximum absolute atomic E-state index is 11.1. The minimum atomic E-state index is 0.447. The first-order valence-electron chi connectivity index (χ1n) is 5.33. The van der Waals surface area contributed by atoms with Gasteiger partial charge in [0, 0.05) is 5.69 Å². The van der Waals surface area contributed by atoms with Crippen molar-refractivity contribution in [3.63, 3.8) is 0 Å². The number of aldehydes is 1. The third-order valence-electron chi connectivity index (χ3n) is 3.03. The zero-order valence-corrected chi connectivity index (χ0v) is 10.7. The lowest BCUT2D eigenvalue weighted by Gasteiger charge is -2.08. The summed E-state index contributed by atoms with van der Waals surface area (Å²) in [4.78, 5) is 11.1. The Bertz CT molecular complexity index is 587. The molecule has 0 saturated carbocycles. The lowest BCUT2D eigenvalue weighted by Crippen LogP contribution is -2.03. The van der Waals surface area contributed by atoms with Crippen LogP contribution in [0.5, 0.6) is 0 Å². The molecule has 88 valence electrons. The van der Waals surface area contributed by atoms with Crippen LogP contribution in [0.4, 0.5) is 0 Å². The van der Waals surface area contributed by atoms with Crippen molar-refractivity contribution in [2.75, 3.05) is 0 Å². The normalized spacial score (nSPS) is 10.6. The summed E-state index contributed by atoms with van der Waals surface area (Å²) >= 11 is 6.01. The van der Waals surface area contributed by atoms with Crippen molar-refractivity contribution >= 4 is 17.9 Å². The Hall–Kier alpha value is -1.61. The smallest absolute Gasteiger partial charge is 0.153 e. The van der Waals surface area contributed by atoms with Crippen LogP contribution in [0.3, 0.4) is 0 Å². The Morgan fingerprint density at radius 1 is 1.29 bits per heavy atom. The fourth-order valence-corrected chi connectivity index (χ4v) is 2.00. The number of hydrogen-bond acceptors (Lipinski definition) is 2. The van der Waals surface area contributed by atoms with Crippen molar-refractivity contribution in [2.24, 2.45) is 0 Å². The Morgan fingerprint density at radius 3 is 2.53 bits per heavy atom. The molecule has 0 atom stereocenters. The summed E-state index contributed by atoms with van der Waals surface area (Å²) < 4.78 is 1.76. The van der Waals surface area contributed by atoms with Gasteiger partial charge in [-0.2, -0.15) is 5.10 Å². The molecule has 17 heavy (non-hydrogen) atoms. The van der Waals surface area contributed by atoms with Crippen LogP contribution in [0, 0.1) is 20.8 Å². The van der Waals surface area contributed by atoms with Crippen LogP contribution in [0.15, 0.2) is 18.2 Å². The van der Waals surface area contributed by atoms with Crippen LogP contribution in [0.25, 0.3) is 5.69 Å². The summed E-state index contributed by atoms with van der Waals surface area (Å²) in [7, 11) is 0. The molecule has 3 nitrogen and oxygen atoms in total. The van der Waals surface area contributed by atoms with Gasteiger partial charge in [0.2, 0.25) is 0 Å². The van der Waals surface area contributed by atoms with Crippen molar-refractivity contribution in [1.82, 2.24) is 9.78 Å². The fourth-order valence-electron chi connectivity index (χ4n) is 1.78. The van der Waals surface area contributed by atoms with Crippen LogP contribution in [-0.2, 0) is 0 Å². The summed E-state index contributed by atoms with van der Waals surface area (Å²) in [5.41, 5.74) is 4.30. The molecule has 0 aliphatic rings. The first-order valence-corrected chi connectivity index (χ1v) is 5.71. The second kappa shape index (κ2) is 4.34. The van der Waals surface area contributed by atoms with Gasteiger partial charge >= 0.3 is 0 Å². The van der Waals surface area contributed by atoms with E-state index in [2.05, 4.69) is 5.10 Å². The van der Waals surface area contributed by atoms with E-state index in [1.165, 1.54) is 0 Å². The number of halogens is 1. The molecule has 1 heterocycles. The Balaban J connectivity index is 2.72. The highest BCUT2D eigenvalue weighted by molar-refractivity contribution is 6.33. The van der Waals surface area contributed by atoms with Gasteiger partial charge in [0.25, 0.3) is 0 Å². The van der Waals surface area contributed by atoms with Gasteiger partial charge in [0.05, 0.1) is 22.0 Å². The molecule has 0 N–H and O–H groups in total. The average Bonchev–Trinajstić information content (AvgIpc) is 2.56. The zero-order chi connectivity index (χ0) is 12.6. The predicted molar refractivity (Wildman–Crippen MR) is 68.2 cm³/mol. The molecule has 0 fully saturated rings. The number of carbonyl (C=O) groups excluding carboxylic acids is 1. The van der Waals surface area contributed by atoms with E-state index in [1.807, 2.05) is 32.9 Å². The fraction of sp³-hybridized carbons (Fsp3) is 0.231. The van der Waals surface area contributed by atoms with E-state index in [1.54, 1.807) is 10.7 Å². The first kappa shape index (κ1) is 11.9. The van der Waals surface area contributed by atoms with E-state index in [0.717, 1.165) is 28.9 Å². The second-order valence-electron chi connectivity index (χ2n) is 4.00. The summed E-state index contributed by atoms with van der Waals surface area (Å²) in [6.45, 7) is 5.94. The molecule has 0 amide bonds. The quantitative estimate of drug-likeness (QED) is 0.765. The number of benzene rings is 1. The molecule has 4 heteroatoms. The number of rotatable bonds is 2. The molecule has 1 aromatic heterocycles. The minimum Gasteiger partial charge on any atom is -0.298 e. The molecule has 0 spiro atoms. The van der Waals surface area contributed by atoms with E-state index >= 15 is 0 Å². The van der Waals surface area contributed by atoms with Crippen LogP contribution in [0.1, 0.15) is 27.3 Å². The predicted octanol–water partition coefficient (Wildman–Crippen LogP) is 3.26. The molecular formula is C13H13ClN2O. The third-order valence-corrected chi connectivity index (χ3v) is 3.36. The molecule has 0 aliphatic heterocycles. The van der Waals surface area contributed by atoms with Gasteiger partial charge in [-0.1, -0.05) is 17.7 Å². The third kappa shape index (κ3) is 1.87. The maximum atomic E-state index is 11.1. The van der Waals surface area contributed by atoms with Gasteiger partial charge in [0.15, 0.2) is 6.29 Å². The first-order chi connectivity index (χ1) is 8.06. The van der Waals surface area contributed by atoms with E-state index in [4.69, 9.17) is 11.6 Å². The second-order valence-corrected chi connectivity index (χ2v) is 4.41. The van der Waals surface area contributed by atoms with Gasteiger partial charge in [-0.3, -0.25) is 4.79 Å². The molecule has 0 radical (unpaired) electrons. The lowest BCUT2D eigenvalue weighted by molar-refractivity contribution is 0.112. The number of aromatic nitrogens is 2. The maximum Gasteiger partial charge on any atom is 0.153 e. The average molecular weight is 249 g/mol. The number of nitrogens with zero attached hydrogens (tertiary/aromatic N) is 2. The molecule has 2 aromatic rings. The summed E-state index contributed by atoms with van der Waals surface area (Å²) in [5.74, 6) is 0. The van der Waals surface area contributed by atoms with Crippen molar-refractivity contribution in [3.05, 3.63) is 45.7 Å². The van der Waals surface area contributed by atoms with Crippen LogP contribution in [-0.4, -0.2) is 16.1 Å². The van der Waals surface area contributed by atoms with Crippen molar-refractivity contribution in [2.45, 2.75) is 20.8 Å². The van der Waals surface area contributed by atoms with Crippen molar-refractivity contribution in [1.29, 1.82) is 0 Å². The van der Waals surface area contributed by atoms with Gasteiger partial charge in [-0.15, -0.1) is 0 Å². The highest BCUT2D eigenvalue weighted by Gasteiger charge is 2.13. The topological polar surface area (TPSA) is 34.9 Å². The molecule has 0 bridgehead atoms. The standard InChI is InChI=1S/C13H13ClN2O/c1-8-9(2)15-16(10(8)3)13-6-4-5-12(14)11(13)7-17/h4-7H,1-3H3. The minimum absolute atomic E-state index is 0.447. The molecule has 1 aromatic carbocycles. The molecule has 0 unspecified atom stereocenters.